The molecule has 0 bridgehead atoms. The first-order chi connectivity index (χ1) is 14.9. The zero-order valence-corrected chi connectivity index (χ0v) is 18.6. The largest absolute Gasteiger partial charge is 0.495 e. The molecule has 0 saturated carbocycles. The zero-order chi connectivity index (χ0) is 22.4. The monoisotopic (exact) mass is 461 g/mol. The molecule has 0 aliphatic heterocycles. The molecule has 0 unspecified atom stereocenters. The molecule has 3 rings (SSSR count). The third-order valence-electron chi connectivity index (χ3n) is 4.20. The summed E-state index contributed by atoms with van der Waals surface area (Å²) in [5.74, 6) is 0.832. The number of hydrogen-bond donors (Lipinski definition) is 2. The summed E-state index contributed by atoms with van der Waals surface area (Å²) >= 11 is 7.21. The Hall–Kier alpha value is -3.30. The number of thiazole rings is 1. The average Bonchev–Trinajstić information content (AvgIpc) is 3.19. The summed E-state index contributed by atoms with van der Waals surface area (Å²) in [6.45, 7) is 0. The Morgan fingerprint density at radius 1 is 0.968 bits per heavy atom. The highest BCUT2D eigenvalue weighted by molar-refractivity contribution is 7.14. The van der Waals surface area contributed by atoms with Crippen LogP contribution in [-0.2, 0) is 11.2 Å². The number of carbonyl (C=O) groups is 2. The number of amides is 2. The fourth-order valence-corrected chi connectivity index (χ4v) is 3.61. The molecule has 2 aromatic carbocycles. The number of rotatable bonds is 8. The number of anilines is 2. The van der Waals surface area contributed by atoms with Gasteiger partial charge in [-0.2, -0.15) is 0 Å². The van der Waals surface area contributed by atoms with Crippen LogP contribution in [0.15, 0.2) is 41.8 Å². The lowest BCUT2D eigenvalue weighted by Gasteiger charge is -2.10. The maximum atomic E-state index is 12.5. The van der Waals surface area contributed by atoms with Gasteiger partial charge in [0.15, 0.2) is 16.6 Å². The second-order valence-electron chi connectivity index (χ2n) is 6.24. The van der Waals surface area contributed by atoms with Crippen molar-refractivity contribution in [3.05, 3.63) is 58.1 Å². The minimum atomic E-state index is -0.352. The van der Waals surface area contributed by atoms with Crippen LogP contribution in [0.1, 0.15) is 16.1 Å². The van der Waals surface area contributed by atoms with Crippen LogP contribution in [0.5, 0.6) is 17.2 Å². The Morgan fingerprint density at radius 2 is 1.68 bits per heavy atom. The molecule has 1 heterocycles. The van der Waals surface area contributed by atoms with E-state index in [-0.39, 0.29) is 18.2 Å². The van der Waals surface area contributed by atoms with Gasteiger partial charge in [-0.25, -0.2) is 4.98 Å². The van der Waals surface area contributed by atoms with Gasteiger partial charge < -0.3 is 19.5 Å². The summed E-state index contributed by atoms with van der Waals surface area (Å²) in [6, 6.07) is 9.79. The Balaban J connectivity index is 1.63. The highest BCUT2D eigenvalue weighted by atomic mass is 35.5. The number of aromatic nitrogens is 1. The molecule has 2 N–H and O–H groups in total. The number of hydrogen-bond acceptors (Lipinski definition) is 7. The van der Waals surface area contributed by atoms with Crippen molar-refractivity contribution in [2.75, 3.05) is 32.0 Å². The summed E-state index contributed by atoms with van der Waals surface area (Å²) in [5.41, 5.74) is 1.38. The fraction of sp³-hybridized carbons (Fsp3) is 0.190. The topological polar surface area (TPSA) is 98.8 Å². The Labute approximate surface area is 188 Å². The molecule has 3 aromatic rings. The summed E-state index contributed by atoms with van der Waals surface area (Å²) < 4.78 is 15.6. The first-order valence-electron chi connectivity index (χ1n) is 9.04. The highest BCUT2D eigenvalue weighted by Crippen LogP contribution is 2.29. The van der Waals surface area contributed by atoms with Gasteiger partial charge in [0.05, 0.1) is 39.1 Å². The number of carbonyl (C=O) groups excluding carboxylic acids is 2. The standard InChI is InChI=1S/C21H20ClN3O5S/c1-28-16-7-5-13(22)9-15(16)24-19(26)10-14-11-31-21(23-14)25-20(27)12-4-6-17(29-2)18(8-12)30-3/h4-9,11H,10H2,1-3H3,(H,24,26)(H,23,25,27). The molecular formula is C21H20ClN3O5S. The third kappa shape index (κ3) is 5.65. The van der Waals surface area contributed by atoms with Gasteiger partial charge in [-0.15, -0.1) is 11.3 Å². The summed E-state index contributed by atoms with van der Waals surface area (Å²) in [5, 5.41) is 8.03. The van der Waals surface area contributed by atoms with E-state index in [1.807, 2.05) is 0 Å². The van der Waals surface area contributed by atoms with E-state index in [9.17, 15) is 9.59 Å². The maximum Gasteiger partial charge on any atom is 0.257 e. The van der Waals surface area contributed by atoms with E-state index < -0.39 is 0 Å². The van der Waals surface area contributed by atoms with Crippen LogP contribution in [0.25, 0.3) is 0 Å². The molecule has 0 saturated heterocycles. The van der Waals surface area contributed by atoms with Crippen LogP contribution in [0.4, 0.5) is 10.8 Å². The Bertz CT molecular complexity index is 1100. The lowest BCUT2D eigenvalue weighted by molar-refractivity contribution is -0.115. The van der Waals surface area contributed by atoms with E-state index in [0.29, 0.717) is 44.3 Å². The van der Waals surface area contributed by atoms with E-state index in [1.165, 1.54) is 32.7 Å². The Morgan fingerprint density at radius 3 is 2.39 bits per heavy atom. The van der Waals surface area contributed by atoms with E-state index >= 15 is 0 Å². The van der Waals surface area contributed by atoms with Crippen LogP contribution >= 0.6 is 22.9 Å². The van der Waals surface area contributed by atoms with Crippen molar-refractivity contribution in [2.45, 2.75) is 6.42 Å². The van der Waals surface area contributed by atoms with Crippen molar-refractivity contribution < 1.29 is 23.8 Å². The van der Waals surface area contributed by atoms with Gasteiger partial charge in [-0.05, 0) is 36.4 Å². The van der Waals surface area contributed by atoms with Gasteiger partial charge in [0.1, 0.15) is 5.75 Å². The van der Waals surface area contributed by atoms with Crippen LogP contribution in [-0.4, -0.2) is 38.1 Å². The first kappa shape index (κ1) is 22.4. The summed E-state index contributed by atoms with van der Waals surface area (Å²) in [6.07, 6.45) is 0.0262. The lowest BCUT2D eigenvalue weighted by Crippen LogP contribution is -2.15. The fourth-order valence-electron chi connectivity index (χ4n) is 2.73. The highest BCUT2D eigenvalue weighted by Gasteiger charge is 2.15. The van der Waals surface area contributed by atoms with Crippen LogP contribution in [0.2, 0.25) is 5.02 Å². The molecule has 0 atom stereocenters. The molecule has 162 valence electrons. The molecule has 0 aliphatic carbocycles. The minimum absolute atomic E-state index is 0.0262. The van der Waals surface area contributed by atoms with Crippen LogP contribution in [0, 0.1) is 0 Å². The van der Waals surface area contributed by atoms with E-state index in [2.05, 4.69) is 15.6 Å². The Kier molecular flexibility index (Phi) is 7.32. The minimum Gasteiger partial charge on any atom is -0.495 e. The third-order valence-corrected chi connectivity index (χ3v) is 5.24. The molecule has 0 radical (unpaired) electrons. The van der Waals surface area contributed by atoms with E-state index in [0.717, 1.165) is 0 Å². The van der Waals surface area contributed by atoms with Crippen LogP contribution < -0.4 is 24.8 Å². The molecule has 0 spiro atoms. The second-order valence-corrected chi connectivity index (χ2v) is 7.53. The van der Waals surface area contributed by atoms with Gasteiger partial charge in [-0.3, -0.25) is 14.9 Å². The van der Waals surface area contributed by atoms with E-state index in [4.69, 9.17) is 25.8 Å². The smallest absolute Gasteiger partial charge is 0.257 e. The molecule has 10 heteroatoms. The molecule has 31 heavy (non-hydrogen) atoms. The zero-order valence-electron chi connectivity index (χ0n) is 17.0. The van der Waals surface area contributed by atoms with E-state index in [1.54, 1.807) is 41.8 Å². The number of ether oxygens (including phenoxy) is 3. The number of nitrogens with zero attached hydrogens (tertiary/aromatic N) is 1. The van der Waals surface area contributed by atoms with Gasteiger partial charge in [0.2, 0.25) is 5.91 Å². The van der Waals surface area contributed by atoms with Gasteiger partial charge >= 0.3 is 0 Å². The van der Waals surface area contributed by atoms with Gasteiger partial charge in [0.25, 0.3) is 5.91 Å². The number of halogens is 1. The van der Waals surface area contributed by atoms with Crippen molar-refractivity contribution in [3.63, 3.8) is 0 Å². The van der Waals surface area contributed by atoms with Crippen molar-refractivity contribution in [3.8, 4) is 17.2 Å². The van der Waals surface area contributed by atoms with Crippen molar-refractivity contribution in [2.24, 2.45) is 0 Å². The predicted molar refractivity (Wildman–Crippen MR) is 120 cm³/mol. The van der Waals surface area contributed by atoms with Crippen molar-refractivity contribution in [1.82, 2.24) is 4.98 Å². The molecule has 0 aliphatic rings. The summed E-state index contributed by atoms with van der Waals surface area (Å²) in [4.78, 5) is 29.2. The number of nitrogens with one attached hydrogen (secondary N) is 2. The molecular weight excluding hydrogens is 442 g/mol. The molecule has 0 fully saturated rings. The molecule has 2 amide bonds. The van der Waals surface area contributed by atoms with Gasteiger partial charge in [0, 0.05) is 16.0 Å². The summed E-state index contributed by atoms with van der Waals surface area (Å²) in [7, 11) is 4.52. The van der Waals surface area contributed by atoms with Crippen molar-refractivity contribution >= 4 is 45.6 Å². The second kappa shape index (κ2) is 10.1. The maximum absolute atomic E-state index is 12.5. The predicted octanol–water partition coefficient (Wildman–Crippen LogP) is 4.26. The average molecular weight is 462 g/mol. The molecule has 1 aromatic heterocycles. The SMILES string of the molecule is COc1ccc(Cl)cc1NC(=O)Cc1csc(NC(=O)c2ccc(OC)c(OC)c2)n1. The van der Waals surface area contributed by atoms with Crippen LogP contribution in [0.3, 0.4) is 0 Å². The quantitative estimate of drug-likeness (QED) is 0.520. The number of benzene rings is 2. The first-order valence-corrected chi connectivity index (χ1v) is 10.3. The molecule has 8 nitrogen and oxygen atoms in total. The number of methoxy groups -OCH3 is 3. The van der Waals surface area contributed by atoms with Crippen molar-refractivity contribution in [1.29, 1.82) is 0 Å². The normalized spacial score (nSPS) is 10.3. The lowest BCUT2D eigenvalue weighted by atomic mass is 10.2. The van der Waals surface area contributed by atoms with Gasteiger partial charge in [-0.1, -0.05) is 11.6 Å².